The number of benzene rings is 1. The normalized spacial score (nSPS) is 18.3. The van der Waals surface area contributed by atoms with E-state index in [2.05, 4.69) is 18.8 Å². The average Bonchev–Trinajstić information content (AvgIpc) is 2.53. The third kappa shape index (κ3) is 3.93. The fourth-order valence-corrected chi connectivity index (χ4v) is 4.08. The lowest BCUT2D eigenvalue weighted by Crippen LogP contribution is -2.35. The number of rotatable bonds is 6. The van der Waals surface area contributed by atoms with Gasteiger partial charge in [0.2, 0.25) is 10.0 Å². The number of hydrogen-bond donors (Lipinski definition) is 1. The molecular weight excluding hydrogens is 284 g/mol. The Bertz CT molecular complexity index is 560. The van der Waals surface area contributed by atoms with Crippen LogP contribution in [0.25, 0.3) is 0 Å². The minimum absolute atomic E-state index is 0.176. The summed E-state index contributed by atoms with van der Waals surface area (Å²) in [5.74, 6) is 0. The number of hydrogen-bond acceptors (Lipinski definition) is 3. The van der Waals surface area contributed by atoms with Crippen LogP contribution < -0.4 is 5.32 Å². The molecule has 21 heavy (non-hydrogen) atoms. The molecule has 0 amide bonds. The smallest absolute Gasteiger partial charge is 0.243 e. The Morgan fingerprint density at radius 3 is 2.43 bits per heavy atom. The van der Waals surface area contributed by atoms with Crippen molar-refractivity contribution < 1.29 is 8.42 Å². The Kier molecular flexibility index (Phi) is 5.56. The maximum atomic E-state index is 12.5. The van der Waals surface area contributed by atoms with E-state index in [9.17, 15) is 8.42 Å². The summed E-state index contributed by atoms with van der Waals surface area (Å²) in [4.78, 5) is 0.393. The maximum absolute atomic E-state index is 12.5. The highest BCUT2D eigenvalue weighted by Gasteiger charge is 2.25. The highest BCUT2D eigenvalue weighted by molar-refractivity contribution is 7.89. The first-order valence-electron chi connectivity index (χ1n) is 7.50. The molecule has 1 aliphatic rings. The summed E-state index contributed by atoms with van der Waals surface area (Å²) in [5, 5.41) is 3.29. The lowest BCUT2D eigenvalue weighted by atomic mass is 10.1. The number of sulfonamides is 1. The van der Waals surface area contributed by atoms with E-state index in [-0.39, 0.29) is 6.04 Å². The number of nitrogens with zero attached hydrogens (tertiary/aromatic N) is 1. The first-order chi connectivity index (χ1) is 10.1. The number of piperidine rings is 1. The van der Waals surface area contributed by atoms with Gasteiger partial charge in [0.05, 0.1) is 4.90 Å². The molecule has 1 saturated heterocycles. The van der Waals surface area contributed by atoms with E-state index in [1.165, 1.54) is 0 Å². The van der Waals surface area contributed by atoms with Crippen molar-refractivity contribution in [3.63, 3.8) is 0 Å². The van der Waals surface area contributed by atoms with Gasteiger partial charge in [-0.2, -0.15) is 4.31 Å². The second-order valence-electron chi connectivity index (χ2n) is 5.45. The monoisotopic (exact) mass is 308 g/mol. The summed E-state index contributed by atoms with van der Waals surface area (Å²) in [7, 11) is -3.32. The lowest BCUT2D eigenvalue weighted by Gasteiger charge is -2.26. The second kappa shape index (κ2) is 7.20. The minimum atomic E-state index is -3.32. The maximum Gasteiger partial charge on any atom is 0.243 e. The predicted molar refractivity (Wildman–Crippen MR) is 85.7 cm³/mol. The molecule has 1 aromatic carbocycles. The molecule has 2 rings (SSSR count). The van der Waals surface area contributed by atoms with Crippen LogP contribution in [-0.4, -0.2) is 32.4 Å². The van der Waals surface area contributed by atoms with Gasteiger partial charge in [-0.05, 0) is 37.5 Å². The van der Waals surface area contributed by atoms with Crippen LogP contribution in [0.4, 0.5) is 0 Å². The van der Waals surface area contributed by atoms with E-state index in [4.69, 9.17) is 0 Å². The molecule has 0 bridgehead atoms. The molecule has 0 aliphatic carbocycles. The fourth-order valence-electron chi connectivity index (χ4n) is 2.56. The molecule has 116 valence electrons. The van der Waals surface area contributed by atoms with E-state index in [0.29, 0.717) is 18.0 Å². The van der Waals surface area contributed by atoms with Crippen LogP contribution >= 0.6 is 0 Å². The zero-order chi connectivity index (χ0) is 15.3. The zero-order valence-corrected chi connectivity index (χ0v) is 13.4. The highest BCUT2D eigenvalue weighted by Crippen LogP contribution is 2.22. The summed E-state index contributed by atoms with van der Waals surface area (Å²) >= 11 is 0. The van der Waals surface area contributed by atoms with Crippen LogP contribution in [-0.2, 0) is 10.0 Å². The molecule has 5 heteroatoms. The summed E-state index contributed by atoms with van der Waals surface area (Å²) in [6, 6.07) is 7.38. The van der Waals surface area contributed by atoms with Crippen LogP contribution in [0, 0.1) is 0 Å². The van der Waals surface area contributed by atoms with Crippen LogP contribution in [0.1, 0.15) is 37.8 Å². The predicted octanol–water partition coefficient (Wildman–Crippen LogP) is 2.70. The number of nitrogens with one attached hydrogen (secondary N) is 1. The van der Waals surface area contributed by atoms with Crippen molar-refractivity contribution in [2.45, 2.75) is 37.1 Å². The molecule has 1 aromatic rings. The van der Waals surface area contributed by atoms with Gasteiger partial charge in [-0.15, -0.1) is 6.58 Å². The Labute approximate surface area is 127 Å². The molecule has 0 spiro atoms. The van der Waals surface area contributed by atoms with E-state index in [0.717, 1.165) is 31.4 Å². The third-order valence-corrected chi connectivity index (χ3v) is 5.81. The quantitative estimate of drug-likeness (QED) is 0.822. The van der Waals surface area contributed by atoms with Crippen LogP contribution in [0.5, 0.6) is 0 Å². The molecule has 1 N–H and O–H groups in total. The first-order valence-corrected chi connectivity index (χ1v) is 8.94. The highest BCUT2D eigenvalue weighted by atomic mass is 32.2. The van der Waals surface area contributed by atoms with Crippen molar-refractivity contribution >= 4 is 10.0 Å². The molecular formula is C16H24N2O2S. The zero-order valence-electron chi connectivity index (χ0n) is 12.6. The molecule has 4 nitrogen and oxygen atoms in total. The Balaban J connectivity index is 2.12. The van der Waals surface area contributed by atoms with Gasteiger partial charge in [0.15, 0.2) is 0 Å². The SMILES string of the molecule is C=CCN[C@H](C)c1ccc(S(=O)(=O)N2CCCCC2)cc1. The van der Waals surface area contributed by atoms with Gasteiger partial charge in [0, 0.05) is 25.7 Å². The molecule has 0 aromatic heterocycles. The van der Waals surface area contributed by atoms with Gasteiger partial charge >= 0.3 is 0 Å². The summed E-state index contributed by atoms with van der Waals surface area (Å²) in [6.07, 6.45) is 4.85. The van der Waals surface area contributed by atoms with Crippen molar-refractivity contribution in [1.29, 1.82) is 0 Å². The van der Waals surface area contributed by atoms with Gasteiger partial charge < -0.3 is 5.32 Å². The third-order valence-electron chi connectivity index (χ3n) is 3.90. The molecule has 1 aliphatic heterocycles. The molecule has 1 heterocycles. The minimum Gasteiger partial charge on any atom is -0.307 e. The average molecular weight is 308 g/mol. The lowest BCUT2D eigenvalue weighted by molar-refractivity contribution is 0.346. The van der Waals surface area contributed by atoms with Crippen LogP contribution in [0.15, 0.2) is 41.8 Å². The van der Waals surface area contributed by atoms with Gasteiger partial charge in [0.1, 0.15) is 0 Å². The summed E-state index contributed by atoms with van der Waals surface area (Å²) < 4.78 is 26.7. The van der Waals surface area contributed by atoms with E-state index < -0.39 is 10.0 Å². The van der Waals surface area contributed by atoms with Gasteiger partial charge in [-0.3, -0.25) is 0 Å². The van der Waals surface area contributed by atoms with Gasteiger partial charge in [0.25, 0.3) is 0 Å². The molecule has 1 atom stereocenters. The van der Waals surface area contributed by atoms with Crippen molar-refractivity contribution in [2.75, 3.05) is 19.6 Å². The van der Waals surface area contributed by atoms with Crippen molar-refractivity contribution in [3.05, 3.63) is 42.5 Å². The van der Waals surface area contributed by atoms with Gasteiger partial charge in [-0.25, -0.2) is 8.42 Å². The summed E-state index contributed by atoms with van der Waals surface area (Å²) in [5.41, 5.74) is 1.08. The topological polar surface area (TPSA) is 49.4 Å². The molecule has 0 radical (unpaired) electrons. The standard InChI is InChI=1S/C16H24N2O2S/c1-3-11-17-14(2)15-7-9-16(10-8-15)21(19,20)18-12-5-4-6-13-18/h3,7-10,14,17H,1,4-6,11-13H2,2H3/t14-/m1/s1. The largest absolute Gasteiger partial charge is 0.307 e. The van der Waals surface area contributed by atoms with Crippen molar-refractivity contribution in [1.82, 2.24) is 9.62 Å². The molecule has 1 fully saturated rings. The molecule has 0 unspecified atom stereocenters. The van der Waals surface area contributed by atoms with Gasteiger partial charge in [-0.1, -0.05) is 24.6 Å². The Morgan fingerprint density at radius 2 is 1.86 bits per heavy atom. The second-order valence-corrected chi connectivity index (χ2v) is 7.39. The van der Waals surface area contributed by atoms with E-state index >= 15 is 0 Å². The van der Waals surface area contributed by atoms with E-state index in [1.54, 1.807) is 16.4 Å². The van der Waals surface area contributed by atoms with Crippen LogP contribution in [0.3, 0.4) is 0 Å². The Hall–Kier alpha value is -1.17. The van der Waals surface area contributed by atoms with E-state index in [1.807, 2.05) is 18.2 Å². The van der Waals surface area contributed by atoms with Crippen molar-refractivity contribution in [3.8, 4) is 0 Å². The van der Waals surface area contributed by atoms with Crippen LogP contribution in [0.2, 0.25) is 0 Å². The van der Waals surface area contributed by atoms with Crippen molar-refractivity contribution in [2.24, 2.45) is 0 Å². The first kappa shape index (κ1) is 16.2. The molecule has 0 saturated carbocycles. The summed E-state index contributed by atoms with van der Waals surface area (Å²) in [6.45, 7) is 7.74. The fraction of sp³-hybridized carbons (Fsp3) is 0.500. The Morgan fingerprint density at radius 1 is 1.24 bits per heavy atom.